The number of hydrogen-bond donors (Lipinski definition) is 3. The Labute approximate surface area is 272 Å². The molecule has 0 fully saturated rings. The summed E-state index contributed by atoms with van der Waals surface area (Å²) in [5.41, 5.74) is 6.01. The first kappa shape index (κ1) is 31.7. The van der Waals surface area contributed by atoms with Crippen LogP contribution < -0.4 is 16.2 Å². The topological polar surface area (TPSA) is 116 Å². The summed E-state index contributed by atoms with van der Waals surface area (Å²) in [6, 6.07) is 23.6. The Bertz CT molecular complexity index is 1780. The lowest BCUT2D eigenvalue weighted by molar-refractivity contribution is -0.148. The van der Waals surface area contributed by atoms with Crippen LogP contribution in [0.25, 0.3) is 5.69 Å². The Morgan fingerprint density at radius 2 is 1.85 bits per heavy atom. The average Bonchev–Trinajstić information content (AvgIpc) is 3.58. The molecule has 0 bridgehead atoms. The van der Waals surface area contributed by atoms with Gasteiger partial charge in [-0.05, 0) is 67.4 Å². The van der Waals surface area contributed by atoms with Crippen LogP contribution in [0.4, 0.5) is 11.4 Å². The largest absolute Gasteiger partial charge is 0.459 e. The SMILES string of the molecule is Cc1ccc2c(c1)SC(c1ccc(NC(=O)C3=C[C@H](c4c(C)n(C)n(-c5ccccc5)c4=O)CC(OCCOCCO)O3)cc1)N2. The van der Waals surface area contributed by atoms with E-state index >= 15 is 0 Å². The molecule has 3 heterocycles. The van der Waals surface area contributed by atoms with E-state index in [1.54, 1.807) is 22.5 Å². The number of nitrogens with one attached hydrogen (secondary N) is 2. The second-order valence-electron chi connectivity index (χ2n) is 11.3. The van der Waals surface area contributed by atoms with E-state index in [-0.39, 0.29) is 43.1 Å². The lowest BCUT2D eigenvalue weighted by Gasteiger charge is -2.29. The molecule has 3 atom stereocenters. The maximum atomic E-state index is 13.8. The van der Waals surface area contributed by atoms with E-state index in [1.165, 1.54) is 10.5 Å². The number of hydrogen-bond acceptors (Lipinski definition) is 8. The number of aliphatic hydroxyl groups is 1. The third-order valence-electron chi connectivity index (χ3n) is 8.16. The molecular weight excluding hydrogens is 604 g/mol. The molecule has 0 aliphatic carbocycles. The zero-order chi connectivity index (χ0) is 32.2. The van der Waals surface area contributed by atoms with Crippen molar-refractivity contribution in [3.05, 3.63) is 117 Å². The number of rotatable bonds is 11. The number of nitrogens with zero attached hydrogens (tertiary/aromatic N) is 2. The lowest BCUT2D eigenvalue weighted by atomic mass is 9.93. The highest BCUT2D eigenvalue weighted by Crippen LogP contribution is 2.46. The van der Waals surface area contributed by atoms with Gasteiger partial charge in [0.25, 0.3) is 11.5 Å². The van der Waals surface area contributed by atoms with Gasteiger partial charge in [-0.25, -0.2) is 4.68 Å². The third-order valence-corrected chi connectivity index (χ3v) is 9.37. The molecule has 0 saturated heterocycles. The van der Waals surface area contributed by atoms with Gasteiger partial charge in [-0.15, -0.1) is 0 Å². The summed E-state index contributed by atoms with van der Waals surface area (Å²) < 4.78 is 20.8. The predicted molar refractivity (Wildman–Crippen MR) is 178 cm³/mol. The molecule has 6 rings (SSSR count). The lowest BCUT2D eigenvalue weighted by Crippen LogP contribution is -2.32. The van der Waals surface area contributed by atoms with Crippen molar-refractivity contribution in [2.24, 2.45) is 7.05 Å². The Morgan fingerprint density at radius 3 is 2.61 bits per heavy atom. The van der Waals surface area contributed by atoms with Crippen molar-refractivity contribution >= 4 is 29.0 Å². The molecule has 240 valence electrons. The molecule has 11 heteroatoms. The zero-order valence-corrected chi connectivity index (χ0v) is 26.9. The number of aliphatic hydroxyl groups excluding tert-OH is 1. The monoisotopic (exact) mass is 642 g/mol. The summed E-state index contributed by atoms with van der Waals surface area (Å²) in [6.07, 6.45) is 1.27. The quantitative estimate of drug-likeness (QED) is 0.187. The molecule has 0 saturated carbocycles. The Kier molecular flexibility index (Phi) is 9.64. The van der Waals surface area contributed by atoms with Gasteiger partial charge >= 0.3 is 0 Å². The number of aromatic nitrogens is 2. The van der Waals surface area contributed by atoms with Gasteiger partial charge < -0.3 is 30.0 Å². The average molecular weight is 643 g/mol. The summed E-state index contributed by atoms with van der Waals surface area (Å²) in [4.78, 5) is 28.6. The van der Waals surface area contributed by atoms with Crippen LogP contribution in [0.1, 0.15) is 40.1 Å². The molecule has 2 aliphatic rings. The Morgan fingerprint density at radius 1 is 1.07 bits per heavy atom. The van der Waals surface area contributed by atoms with E-state index in [2.05, 4.69) is 35.8 Å². The summed E-state index contributed by atoms with van der Waals surface area (Å²) in [5, 5.41) is 15.6. The number of benzene rings is 3. The van der Waals surface area contributed by atoms with Crippen molar-refractivity contribution in [2.45, 2.75) is 42.7 Å². The first-order valence-electron chi connectivity index (χ1n) is 15.3. The van der Waals surface area contributed by atoms with Crippen LogP contribution in [-0.4, -0.2) is 53.1 Å². The van der Waals surface area contributed by atoms with E-state index in [0.29, 0.717) is 17.7 Å². The van der Waals surface area contributed by atoms with Gasteiger partial charge in [-0.3, -0.25) is 14.3 Å². The summed E-state index contributed by atoms with van der Waals surface area (Å²) >= 11 is 1.77. The number of para-hydroxylation sites is 1. The molecule has 4 aromatic rings. The second kappa shape index (κ2) is 14.0. The second-order valence-corrected chi connectivity index (χ2v) is 12.5. The number of allylic oxidation sites excluding steroid dienone is 1. The fourth-order valence-electron chi connectivity index (χ4n) is 5.77. The van der Waals surface area contributed by atoms with Crippen LogP contribution in [-0.2, 0) is 26.1 Å². The molecule has 46 heavy (non-hydrogen) atoms. The molecule has 3 aromatic carbocycles. The summed E-state index contributed by atoms with van der Waals surface area (Å²) in [6.45, 7) is 4.56. The van der Waals surface area contributed by atoms with Crippen LogP contribution in [0, 0.1) is 13.8 Å². The van der Waals surface area contributed by atoms with Gasteiger partial charge in [-0.1, -0.05) is 48.2 Å². The first-order chi connectivity index (χ1) is 22.3. The number of thioether (sulfide) groups is 1. The maximum Gasteiger partial charge on any atom is 0.290 e. The van der Waals surface area contributed by atoms with Crippen LogP contribution in [0.5, 0.6) is 0 Å². The van der Waals surface area contributed by atoms with Crippen LogP contribution >= 0.6 is 11.8 Å². The van der Waals surface area contributed by atoms with Gasteiger partial charge in [0.2, 0.25) is 6.29 Å². The minimum atomic E-state index is -0.782. The highest BCUT2D eigenvalue weighted by Gasteiger charge is 2.33. The smallest absolute Gasteiger partial charge is 0.290 e. The fourth-order valence-corrected chi connectivity index (χ4v) is 7.01. The van der Waals surface area contributed by atoms with Crippen molar-refractivity contribution in [2.75, 3.05) is 37.1 Å². The standard InChI is InChI=1S/C35H38N4O6S/c1-22-9-14-28-30(19-22)46-34(37-28)24-10-12-26(13-11-24)36-33(41)29-20-25(21-31(45-29)44-18-17-43-16-15-40)32-23(2)38(3)39(35(32)42)27-7-5-4-6-8-27/h4-14,19-20,25,31,34,37,40H,15-18,21H2,1-3H3,(H,36,41)/t25-,31?,34?/m0/s1. The van der Waals surface area contributed by atoms with E-state index in [1.807, 2.05) is 73.3 Å². The molecular formula is C35H38N4O6S. The van der Waals surface area contributed by atoms with Crippen molar-refractivity contribution in [1.29, 1.82) is 0 Å². The predicted octanol–water partition coefficient (Wildman–Crippen LogP) is 5.39. The summed E-state index contributed by atoms with van der Waals surface area (Å²) in [5.74, 6) is -0.787. The summed E-state index contributed by atoms with van der Waals surface area (Å²) in [7, 11) is 1.85. The first-order valence-corrected chi connectivity index (χ1v) is 16.2. The van der Waals surface area contributed by atoms with Crippen LogP contribution in [0.3, 0.4) is 0 Å². The highest BCUT2D eigenvalue weighted by atomic mass is 32.2. The Hall–Kier alpha value is -4.29. The molecule has 0 radical (unpaired) electrons. The molecule has 0 spiro atoms. The van der Waals surface area contributed by atoms with Crippen molar-refractivity contribution in [1.82, 2.24) is 9.36 Å². The van der Waals surface area contributed by atoms with Crippen LogP contribution in [0.15, 0.2) is 94.3 Å². The van der Waals surface area contributed by atoms with E-state index in [9.17, 15) is 9.59 Å². The minimum Gasteiger partial charge on any atom is -0.459 e. The highest BCUT2D eigenvalue weighted by molar-refractivity contribution is 8.00. The van der Waals surface area contributed by atoms with Crippen molar-refractivity contribution in [3.8, 4) is 5.69 Å². The number of fused-ring (bicyclic) bond motifs is 1. The normalized spacial score (nSPS) is 18.8. The van der Waals surface area contributed by atoms with Gasteiger partial charge in [0.05, 0.1) is 32.1 Å². The number of carbonyl (C=O) groups is 1. The number of aryl methyl sites for hydroxylation is 1. The van der Waals surface area contributed by atoms with Crippen molar-refractivity contribution in [3.63, 3.8) is 0 Å². The zero-order valence-electron chi connectivity index (χ0n) is 26.1. The van der Waals surface area contributed by atoms with E-state index in [4.69, 9.17) is 19.3 Å². The van der Waals surface area contributed by atoms with Gasteiger partial charge in [0, 0.05) is 46.9 Å². The molecule has 1 amide bonds. The van der Waals surface area contributed by atoms with Gasteiger partial charge in [0.15, 0.2) is 5.76 Å². The van der Waals surface area contributed by atoms with Crippen LogP contribution in [0.2, 0.25) is 0 Å². The van der Waals surface area contributed by atoms with Gasteiger partial charge in [0.1, 0.15) is 5.37 Å². The third kappa shape index (κ3) is 6.78. The molecule has 1 aromatic heterocycles. The molecule has 2 unspecified atom stereocenters. The van der Waals surface area contributed by atoms with Gasteiger partial charge in [-0.2, -0.15) is 0 Å². The molecule has 10 nitrogen and oxygen atoms in total. The van der Waals surface area contributed by atoms with E-state index in [0.717, 1.165) is 22.6 Å². The number of amides is 1. The maximum absolute atomic E-state index is 13.8. The molecule has 2 aliphatic heterocycles. The number of anilines is 2. The van der Waals surface area contributed by atoms with Crippen molar-refractivity contribution < 1.29 is 24.1 Å². The molecule has 3 N–H and O–H groups in total. The Balaban J connectivity index is 1.21. The number of ether oxygens (including phenoxy) is 3. The van der Waals surface area contributed by atoms with E-state index < -0.39 is 18.1 Å². The fraction of sp³-hybridized carbons (Fsp3) is 0.314. The minimum absolute atomic E-state index is 0.0781. The number of carbonyl (C=O) groups excluding carboxylic acids is 1.